The molecule has 1 fully saturated rings. The molecular weight excluding hydrogens is 308 g/mol. The minimum absolute atomic E-state index is 0.388. The molecule has 1 aromatic rings. The molecular formula is C18H22N2O4. The SMILES string of the molecule is Cc1cccc(/C=C/C(=O)OCC(=O)N2CCCC[C@H]2C(N)=O)c1. The second-order valence-corrected chi connectivity index (χ2v) is 5.86. The molecule has 1 atom stereocenters. The fraction of sp³-hybridized carbons (Fsp3) is 0.389. The zero-order chi connectivity index (χ0) is 17.5. The number of ether oxygens (including phenoxy) is 1. The van der Waals surface area contributed by atoms with E-state index in [9.17, 15) is 14.4 Å². The van der Waals surface area contributed by atoms with Crippen LogP contribution in [0.1, 0.15) is 30.4 Å². The number of amides is 2. The van der Waals surface area contributed by atoms with Crippen LogP contribution in [-0.2, 0) is 19.1 Å². The number of carbonyl (C=O) groups is 3. The van der Waals surface area contributed by atoms with Crippen molar-refractivity contribution in [2.75, 3.05) is 13.2 Å². The van der Waals surface area contributed by atoms with Gasteiger partial charge in [-0.25, -0.2) is 4.79 Å². The highest BCUT2D eigenvalue weighted by Gasteiger charge is 2.30. The third-order valence-electron chi connectivity index (χ3n) is 3.94. The maximum absolute atomic E-state index is 12.2. The number of hydrogen-bond acceptors (Lipinski definition) is 4. The van der Waals surface area contributed by atoms with Gasteiger partial charge in [0.2, 0.25) is 5.91 Å². The standard InChI is InChI=1S/C18H22N2O4/c1-13-5-4-6-14(11-13)8-9-17(22)24-12-16(21)20-10-3-2-7-15(20)18(19)23/h4-6,8-9,11,15H,2-3,7,10,12H2,1H3,(H2,19,23)/b9-8+/t15-/m0/s1. The summed E-state index contributed by atoms with van der Waals surface area (Å²) in [7, 11) is 0. The molecule has 1 aliphatic rings. The van der Waals surface area contributed by atoms with Crippen molar-refractivity contribution in [1.82, 2.24) is 4.90 Å². The molecule has 128 valence electrons. The Morgan fingerprint density at radius 1 is 1.33 bits per heavy atom. The summed E-state index contributed by atoms with van der Waals surface area (Å²) in [6, 6.07) is 7.05. The number of carbonyl (C=O) groups excluding carboxylic acids is 3. The lowest BCUT2D eigenvalue weighted by Crippen LogP contribution is -2.51. The molecule has 2 N–H and O–H groups in total. The zero-order valence-electron chi connectivity index (χ0n) is 13.7. The lowest BCUT2D eigenvalue weighted by atomic mass is 10.0. The summed E-state index contributed by atoms with van der Waals surface area (Å²) in [6.45, 7) is 2.03. The summed E-state index contributed by atoms with van der Waals surface area (Å²) in [4.78, 5) is 36.7. The van der Waals surface area contributed by atoms with Crippen molar-refractivity contribution in [3.63, 3.8) is 0 Å². The van der Waals surface area contributed by atoms with Gasteiger partial charge in [0.15, 0.2) is 6.61 Å². The van der Waals surface area contributed by atoms with Crippen molar-refractivity contribution >= 4 is 23.9 Å². The maximum atomic E-state index is 12.2. The van der Waals surface area contributed by atoms with Gasteiger partial charge in [0.1, 0.15) is 6.04 Å². The molecule has 6 heteroatoms. The van der Waals surface area contributed by atoms with E-state index in [1.807, 2.05) is 31.2 Å². The Bertz CT molecular complexity index is 654. The van der Waals surface area contributed by atoms with Crippen LogP contribution in [0.2, 0.25) is 0 Å². The average Bonchev–Trinajstić information content (AvgIpc) is 2.58. The van der Waals surface area contributed by atoms with Crippen LogP contribution in [0, 0.1) is 6.92 Å². The third-order valence-corrected chi connectivity index (χ3v) is 3.94. The first-order chi connectivity index (χ1) is 11.5. The van der Waals surface area contributed by atoms with E-state index in [4.69, 9.17) is 10.5 Å². The molecule has 1 heterocycles. The molecule has 0 aliphatic carbocycles. The number of nitrogens with two attached hydrogens (primary N) is 1. The molecule has 2 amide bonds. The van der Waals surface area contributed by atoms with Crippen LogP contribution in [0.3, 0.4) is 0 Å². The van der Waals surface area contributed by atoms with Gasteiger partial charge in [0, 0.05) is 12.6 Å². The molecule has 0 unspecified atom stereocenters. The van der Waals surface area contributed by atoms with Gasteiger partial charge in [0.25, 0.3) is 5.91 Å². The van der Waals surface area contributed by atoms with Gasteiger partial charge in [-0.2, -0.15) is 0 Å². The summed E-state index contributed by atoms with van der Waals surface area (Å²) >= 11 is 0. The van der Waals surface area contributed by atoms with Crippen LogP contribution in [0.15, 0.2) is 30.3 Å². The van der Waals surface area contributed by atoms with Gasteiger partial charge < -0.3 is 15.4 Å². The van der Waals surface area contributed by atoms with E-state index in [2.05, 4.69) is 0 Å². The summed E-state index contributed by atoms with van der Waals surface area (Å²) in [5.41, 5.74) is 7.29. The second kappa shape index (κ2) is 8.29. The summed E-state index contributed by atoms with van der Waals surface area (Å²) < 4.78 is 4.97. The van der Waals surface area contributed by atoms with Gasteiger partial charge in [-0.1, -0.05) is 29.8 Å². The van der Waals surface area contributed by atoms with Gasteiger partial charge >= 0.3 is 5.97 Å². The number of likely N-dealkylation sites (tertiary alicyclic amines) is 1. The average molecular weight is 330 g/mol. The lowest BCUT2D eigenvalue weighted by Gasteiger charge is -2.33. The highest BCUT2D eigenvalue weighted by Crippen LogP contribution is 2.17. The fourth-order valence-electron chi connectivity index (χ4n) is 2.73. The Labute approximate surface area is 141 Å². The van der Waals surface area contributed by atoms with E-state index in [0.29, 0.717) is 13.0 Å². The van der Waals surface area contributed by atoms with Crippen molar-refractivity contribution in [1.29, 1.82) is 0 Å². The molecule has 1 aromatic carbocycles. The molecule has 0 saturated carbocycles. The monoisotopic (exact) mass is 330 g/mol. The first kappa shape index (κ1) is 17.7. The Balaban J connectivity index is 1.86. The van der Waals surface area contributed by atoms with Crippen molar-refractivity contribution < 1.29 is 19.1 Å². The van der Waals surface area contributed by atoms with Crippen LogP contribution in [-0.4, -0.2) is 41.9 Å². The van der Waals surface area contributed by atoms with E-state index in [1.165, 1.54) is 11.0 Å². The van der Waals surface area contributed by atoms with Gasteiger partial charge in [0.05, 0.1) is 0 Å². The molecule has 1 aliphatic heterocycles. The number of rotatable bonds is 5. The Kier molecular flexibility index (Phi) is 6.12. The highest BCUT2D eigenvalue weighted by molar-refractivity contribution is 5.91. The first-order valence-electron chi connectivity index (χ1n) is 7.97. The summed E-state index contributed by atoms with van der Waals surface area (Å²) in [6.07, 6.45) is 5.14. The predicted molar refractivity (Wildman–Crippen MR) is 89.7 cm³/mol. The number of esters is 1. The largest absolute Gasteiger partial charge is 0.452 e. The number of piperidine rings is 1. The van der Waals surface area contributed by atoms with Crippen molar-refractivity contribution in [2.45, 2.75) is 32.2 Å². The summed E-state index contributed by atoms with van der Waals surface area (Å²) in [5, 5.41) is 0. The van der Waals surface area contributed by atoms with E-state index in [0.717, 1.165) is 24.0 Å². The lowest BCUT2D eigenvalue weighted by molar-refractivity contribution is -0.151. The van der Waals surface area contributed by atoms with Crippen LogP contribution in [0.5, 0.6) is 0 Å². The molecule has 1 saturated heterocycles. The van der Waals surface area contributed by atoms with E-state index in [1.54, 1.807) is 6.08 Å². The molecule has 6 nitrogen and oxygen atoms in total. The van der Waals surface area contributed by atoms with Crippen molar-refractivity contribution in [3.8, 4) is 0 Å². The maximum Gasteiger partial charge on any atom is 0.331 e. The molecule has 0 aromatic heterocycles. The molecule has 24 heavy (non-hydrogen) atoms. The number of nitrogens with zero attached hydrogens (tertiary/aromatic N) is 1. The third kappa shape index (κ3) is 4.94. The topological polar surface area (TPSA) is 89.7 Å². The van der Waals surface area contributed by atoms with E-state index in [-0.39, 0.29) is 6.61 Å². The van der Waals surface area contributed by atoms with Crippen LogP contribution >= 0.6 is 0 Å². The van der Waals surface area contributed by atoms with E-state index >= 15 is 0 Å². The first-order valence-corrected chi connectivity index (χ1v) is 7.97. The zero-order valence-corrected chi connectivity index (χ0v) is 13.7. The Hall–Kier alpha value is -2.63. The van der Waals surface area contributed by atoms with Crippen molar-refractivity contribution in [3.05, 3.63) is 41.5 Å². The fourth-order valence-corrected chi connectivity index (χ4v) is 2.73. The molecule has 0 spiro atoms. The Morgan fingerprint density at radius 3 is 2.83 bits per heavy atom. The molecule has 2 rings (SSSR count). The predicted octanol–water partition coefficient (Wildman–Crippen LogP) is 1.42. The second-order valence-electron chi connectivity index (χ2n) is 5.86. The Morgan fingerprint density at radius 2 is 2.12 bits per heavy atom. The molecule has 0 bridgehead atoms. The van der Waals surface area contributed by atoms with Crippen molar-refractivity contribution in [2.24, 2.45) is 5.73 Å². The van der Waals surface area contributed by atoms with Crippen LogP contribution in [0.4, 0.5) is 0 Å². The normalized spacial score (nSPS) is 17.7. The van der Waals surface area contributed by atoms with Crippen LogP contribution in [0.25, 0.3) is 6.08 Å². The van der Waals surface area contributed by atoms with E-state index < -0.39 is 23.8 Å². The number of hydrogen-bond donors (Lipinski definition) is 1. The van der Waals surface area contributed by atoms with Gasteiger partial charge in [-0.3, -0.25) is 9.59 Å². The highest BCUT2D eigenvalue weighted by atomic mass is 16.5. The van der Waals surface area contributed by atoms with Gasteiger partial charge in [-0.15, -0.1) is 0 Å². The molecule has 0 radical (unpaired) electrons. The quantitative estimate of drug-likeness (QED) is 0.653. The number of primary amides is 1. The summed E-state index contributed by atoms with van der Waals surface area (Å²) in [5.74, 6) is -1.51. The smallest absolute Gasteiger partial charge is 0.331 e. The van der Waals surface area contributed by atoms with Crippen LogP contribution < -0.4 is 5.73 Å². The minimum atomic E-state index is -0.604. The number of aryl methyl sites for hydroxylation is 1. The minimum Gasteiger partial charge on any atom is -0.452 e. The van der Waals surface area contributed by atoms with Gasteiger partial charge in [-0.05, 0) is 37.8 Å². The number of benzene rings is 1.